The molecule has 8 nitrogen and oxygen atoms in total. The molecule has 0 spiro atoms. The molecule has 0 unspecified atom stereocenters. The van der Waals surface area contributed by atoms with Crippen LogP contribution in [0.2, 0.25) is 0 Å². The van der Waals surface area contributed by atoms with E-state index in [1.165, 1.54) is 0 Å². The number of rotatable bonds is 4. The van der Waals surface area contributed by atoms with Crippen LogP contribution >= 0.6 is 0 Å². The summed E-state index contributed by atoms with van der Waals surface area (Å²) >= 11 is 0. The summed E-state index contributed by atoms with van der Waals surface area (Å²) in [7, 11) is 0. The van der Waals surface area contributed by atoms with Crippen molar-refractivity contribution >= 4 is 11.9 Å². The monoisotopic (exact) mass is 349 g/mol. The Balaban J connectivity index is 1.60. The van der Waals surface area contributed by atoms with Gasteiger partial charge in [-0.3, -0.25) is 4.79 Å². The molecule has 0 radical (unpaired) electrons. The average molecular weight is 349 g/mol. The van der Waals surface area contributed by atoms with E-state index in [-0.39, 0.29) is 18.2 Å². The van der Waals surface area contributed by atoms with E-state index in [0.717, 1.165) is 0 Å². The molecule has 2 fully saturated rings. The molecule has 2 aliphatic heterocycles. The van der Waals surface area contributed by atoms with Crippen LogP contribution in [0.1, 0.15) is 16.8 Å². The first kappa shape index (κ1) is 17.5. The van der Waals surface area contributed by atoms with Crippen LogP contribution in [0.4, 0.5) is 4.79 Å². The number of ether oxygens (including phenoxy) is 3. The van der Waals surface area contributed by atoms with Gasteiger partial charge in [0.25, 0.3) is 0 Å². The number of nitrogens with zero attached hydrogens (tertiary/aromatic N) is 1. The van der Waals surface area contributed by atoms with Crippen LogP contribution in [-0.2, 0) is 9.47 Å². The van der Waals surface area contributed by atoms with Gasteiger partial charge in [-0.2, -0.15) is 0 Å². The zero-order valence-electron chi connectivity index (χ0n) is 14.0. The molecule has 0 saturated carbocycles. The molecule has 1 aromatic carbocycles. The molecule has 0 bridgehead atoms. The van der Waals surface area contributed by atoms with Crippen LogP contribution in [0.25, 0.3) is 0 Å². The summed E-state index contributed by atoms with van der Waals surface area (Å²) in [5, 5.41) is 3.04. The number of amides is 3. The normalized spacial score (nSPS) is 23.8. The largest absolute Gasteiger partial charge is 0.486 e. The Morgan fingerprint density at radius 3 is 2.52 bits per heavy atom. The summed E-state index contributed by atoms with van der Waals surface area (Å²) in [4.78, 5) is 25.3. The van der Waals surface area contributed by atoms with Crippen LogP contribution in [0, 0.1) is 0 Å². The first-order valence-corrected chi connectivity index (χ1v) is 8.41. The van der Waals surface area contributed by atoms with Crippen LogP contribution in [-0.4, -0.2) is 68.5 Å². The van der Waals surface area contributed by atoms with E-state index >= 15 is 0 Å². The lowest BCUT2D eigenvalue weighted by atomic mass is 10.1. The number of carbonyl (C=O) groups excluding carboxylic acids is 2. The number of primary amides is 1. The van der Waals surface area contributed by atoms with Gasteiger partial charge in [-0.1, -0.05) is 0 Å². The van der Waals surface area contributed by atoms with Gasteiger partial charge in [0.2, 0.25) is 5.91 Å². The third-order valence-electron chi connectivity index (χ3n) is 4.34. The molecular formula is C17H23N3O5. The summed E-state index contributed by atoms with van der Waals surface area (Å²) in [5.41, 5.74) is 5.66. The molecule has 2 saturated heterocycles. The molecule has 136 valence electrons. The fourth-order valence-corrected chi connectivity index (χ4v) is 2.88. The number of nitrogens with two attached hydrogens (primary N) is 1. The highest BCUT2D eigenvalue weighted by molar-refractivity contribution is 5.92. The van der Waals surface area contributed by atoms with Crippen LogP contribution in [0.3, 0.4) is 0 Å². The summed E-state index contributed by atoms with van der Waals surface area (Å²) < 4.78 is 16.7. The predicted octanol–water partition coefficient (Wildman–Crippen LogP) is 0.364. The highest BCUT2D eigenvalue weighted by Gasteiger charge is 2.30. The van der Waals surface area contributed by atoms with E-state index in [4.69, 9.17) is 19.9 Å². The highest BCUT2D eigenvalue weighted by atomic mass is 16.5. The molecule has 25 heavy (non-hydrogen) atoms. The van der Waals surface area contributed by atoms with Crippen molar-refractivity contribution in [2.24, 2.45) is 5.73 Å². The van der Waals surface area contributed by atoms with Crippen molar-refractivity contribution in [1.82, 2.24) is 10.2 Å². The predicted molar refractivity (Wildman–Crippen MR) is 89.5 cm³/mol. The molecular weight excluding hydrogens is 326 g/mol. The second kappa shape index (κ2) is 8.17. The summed E-state index contributed by atoms with van der Waals surface area (Å²) in [5.74, 6) is 0.120. The van der Waals surface area contributed by atoms with Crippen LogP contribution in [0.15, 0.2) is 24.3 Å². The number of morpholine rings is 1. The van der Waals surface area contributed by atoms with E-state index < -0.39 is 5.91 Å². The molecule has 3 amide bonds. The maximum absolute atomic E-state index is 12.4. The fourth-order valence-electron chi connectivity index (χ4n) is 2.88. The molecule has 2 heterocycles. The minimum Gasteiger partial charge on any atom is -0.486 e. The standard InChI is InChI=1S/C17H23N3O5/c18-16(21)12-1-3-13(4-2-12)25-15-11-24-8-5-14(15)19-17(22)20-6-9-23-10-7-20/h1-4,14-15H,5-11H2,(H2,18,21)(H,19,22)/t14-,15-/m1/s1. The molecule has 3 rings (SSSR count). The van der Waals surface area contributed by atoms with Crippen molar-refractivity contribution in [2.45, 2.75) is 18.6 Å². The van der Waals surface area contributed by atoms with Gasteiger partial charge in [0.15, 0.2) is 0 Å². The highest BCUT2D eigenvalue weighted by Crippen LogP contribution is 2.19. The van der Waals surface area contributed by atoms with Crippen molar-refractivity contribution in [3.05, 3.63) is 29.8 Å². The third kappa shape index (κ3) is 4.61. The molecule has 0 aromatic heterocycles. The lowest BCUT2D eigenvalue weighted by Crippen LogP contribution is -2.56. The van der Waals surface area contributed by atoms with Gasteiger partial charge < -0.3 is 30.2 Å². The first-order chi connectivity index (χ1) is 12.1. The first-order valence-electron chi connectivity index (χ1n) is 8.41. The lowest BCUT2D eigenvalue weighted by molar-refractivity contribution is -0.0144. The van der Waals surface area contributed by atoms with Crippen LogP contribution in [0.5, 0.6) is 5.75 Å². The quantitative estimate of drug-likeness (QED) is 0.817. The van der Waals surface area contributed by atoms with Gasteiger partial charge in [0, 0.05) is 25.3 Å². The zero-order valence-corrected chi connectivity index (χ0v) is 14.0. The Bertz CT molecular complexity index is 601. The molecule has 8 heteroatoms. The minimum absolute atomic E-state index is 0.104. The number of carbonyl (C=O) groups is 2. The van der Waals surface area contributed by atoms with Crippen molar-refractivity contribution in [3.63, 3.8) is 0 Å². The topological polar surface area (TPSA) is 103 Å². The zero-order chi connectivity index (χ0) is 17.6. The minimum atomic E-state index is -0.483. The van der Waals surface area contributed by atoms with Gasteiger partial charge in [0.1, 0.15) is 11.9 Å². The smallest absolute Gasteiger partial charge is 0.317 e. The Morgan fingerprint density at radius 1 is 1.12 bits per heavy atom. The summed E-state index contributed by atoms with van der Waals surface area (Å²) in [6, 6.07) is 6.36. The van der Waals surface area contributed by atoms with Gasteiger partial charge in [0.05, 0.1) is 25.9 Å². The molecule has 2 atom stereocenters. The maximum atomic E-state index is 12.4. The Hall–Kier alpha value is -2.32. The van der Waals surface area contributed by atoms with Crippen molar-refractivity contribution in [2.75, 3.05) is 39.5 Å². The average Bonchev–Trinajstić information content (AvgIpc) is 2.64. The van der Waals surface area contributed by atoms with Crippen LogP contribution < -0.4 is 15.8 Å². The molecule has 0 aliphatic carbocycles. The Morgan fingerprint density at radius 2 is 1.84 bits per heavy atom. The van der Waals surface area contributed by atoms with Crippen molar-refractivity contribution < 1.29 is 23.8 Å². The van der Waals surface area contributed by atoms with Gasteiger partial charge in [-0.05, 0) is 30.7 Å². The number of hydrogen-bond donors (Lipinski definition) is 2. The van der Waals surface area contributed by atoms with Gasteiger partial charge in [-0.25, -0.2) is 4.79 Å². The van der Waals surface area contributed by atoms with Gasteiger partial charge >= 0.3 is 6.03 Å². The van der Waals surface area contributed by atoms with E-state index in [9.17, 15) is 9.59 Å². The van der Waals surface area contributed by atoms with Gasteiger partial charge in [-0.15, -0.1) is 0 Å². The molecule has 2 aliphatic rings. The number of urea groups is 1. The van der Waals surface area contributed by atoms with Crippen molar-refractivity contribution in [1.29, 1.82) is 0 Å². The molecule has 1 aromatic rings. The fraction of sp³-hybridized carbons (Fsp3) is 0.529. The van der Waals surface area contributed by atoms with E-state index in [1.54, 1.807) is 29.2 Å². The summed E-state index contributed by atoms with van der Waals surface area (Å²) in [6.45, 7) is 3.28. The molecule has 3 N–H and O–H groups in total. The second-order valence-electron chi connectivity index (χ2n) is 6.06. The maximum Gasteiger partial charge on any atom is 0.317 e. The van der Waals surface area contributed by atoms with E-state index in [0.29, 0.717) is 57.3 Å². The summed E-state index contributed by atoms with van der Waals surface area (Å²) in [6.07, 6.45) is 0.387. The van der Waals surface area contributed by atoms with E-state index in [1.807, 2.05) is 0 Å². The number of benzene rings is 1. The SMILES string of the molecule is NC(=O)c1ccc(O[C@@H]2COCC[C@H]2NC(=O)N2CCOCC2)cc1. The Kier molecular flexibility index (Phi) is 5.72. The third-order valence-corrected chi connectivity index (χ3v) is 4.34. The Labute approximate surface area is 146 Å². The number of hydrogen-bond acceptors (Lipinski definition) is 5. The van der Waals surface area contributed by atoms with E-state index in [2.05, 4.69) is 5.32 Å². The lowest BCUT2D eigenvalue weighted by Gasteiger charge is -2.35. The number of nitrogens with one attached hydrogen (secondary N) is 1. The second-order valence-corrected chi connectivity index (χ2v) is 6.06. The van der Waals surface area contributed by atoms with Crippen molar-refractivity contribution in [3.8, 4) is 5.75 Å².